The lowest BCUT2D eigenvalue weighted by molar-refractivity contribution is 0.102. The molecule has 1 fully saturated rings. The van der Waals surface area contributed by atoms with Crippen LogP contribution < -0.4 is 5.32 Å². The van der Waals surface area contributed by atoms with Crippen LogP contribution >= 0.6 is 23.1 Å². The number of thiazole rings is 1. The second-order valence-electron chi connectivity index (χ2n) is 8.11. The van der Waals surface area contributed by atoms with Crippen LogP contribution in [0.4, 0.5) is 5.69 Å². The molecule has 3 aromatic rings. The average molecular weight is 476 g/mol. The zero-order valence-corrected chi connectivity index (χ0v) is 20.1. The van der Waals surface area contributed by atoms with E-state index in [0.717, 1.165) is 21.0 Å². The number of hydrogen-bond donors (Lipinski definition) is 1. The Kier molecular flexibility index (Phi) is 6.39. The third-order valence-electron chi connectivity index (χ3n) is 5.39. The van der Waals surface area contributed by atoms with E-state index in [9.17, 15) is 13.2 Å². The van der Waals surface area contributed by atoms with Gasteiger partial charge in [0.25, 0.3) is 5.91 Å². The van der Waals surface area contributed by atoms with Crippen molar-refractivity contribution < 1.29 is 13.2 Å². The van der Waals surface area contributed by atoms with Crippen molar-refractivity contribution in [1.82, 2.24) is 9.29 Å². The Morgan fingerprint density at radius 3 is 2.45 bits per heavy atom. The fourth-order valence-electron chi connectivity index (χ4n) is 4.00. The van der Waals surface area contributed by atoms with Crippen LogP contribution in [0.3, 0.4) is 0 Å². The van der Waals surface area contributed by atoms with Gasteiger partial charge >= 0.3 is 0 Å². The quantitative estimate of drug-likeness (QED) is 0.529. The summed E-state index contributed by atoms with van der Waals surface area (Å²) in [5.41, 5.74) is 2.00. The van der Waals surface area contributed by atoms with Gasteiger partial charge < -0.3 is 5.32 Å². The fourth-order valence-corrected chi connectivity index (χ4v) is 7.21. The minimum Gasteiger partial charge on any atom is -0.322 e. The second kappa shape index (κ2) is 8.90. The first-order valence-electron chi connectivity index (χ1n) is 10.1. The van der Waals surface area contributed by atoms with Crippen LogP contribution in [0, 0.1) is 11.8 Å². The molecule has 2 heterocycles. The lowest BCUT2D eigenvalue weighted by Gasteiger charge is -2.34. The number of carbonyl (C=O) groups excluding carboxylic acids is 1. The van der Waals surface area contributed by atoms with Crippen LogP contribution in [-0.2, 0) is 10.0 Å². The number of anilines is 1. The van der Waals surface area contributed by atoms with Crippen molar-refractivity contribution in [2.24, 2.45) is 11.8 Å². The number of thioether (sulfide) groups is 1. The number of carbonyl (C=O) groups is 1. The Morgan fingerprint density at radius 2 is 1.81 bits per heavy atom. The smallest absolute Gasteiger partial charge is 0.255 e. The number of amides is 1. The highest BCUT2D eigenvalue weighted by molar-refractivity contribution is 8.00. The van der Waals surface area contributed by atoms with Crippen molar-refractivity contribution in [2.75, 3.05) is 24.7 Å². The normalized spacial score (nSPS) is 20.1. The highest BCUT2D eigenvalue weighted by Gasteiger charge is 2.31. The number of sulfonamides is 1. The SMILES string of the molecule is CSc1nc2ccc(NC(=O)c3ccc(S(=O)(=O)N4CC(C)CC(C)C4)cc3)cc2s1. The molecule has 2 aromatic carbocycles. The van der Waals surface area contributed by atoms with E-state index in [-0.39, 0.29) is 10.8 Å². The van der Waals surface area contributed by atoms with Crippen molar-refractivity contribution in [1.29, 1.82) is 0 Å². The Bertz CT molecular complexity index is 1200. The minimum absolute atomic E-state index is 0.223. The van der Waals surface area contributed by atoms with Gasteiger partial charge in [-0.25, -0.2) is 13.4 Å². The lowest BCUT2D eigenvalue weighted by atomic mass is 9.94. The monoisotopic (exact) mass is 475 g/mol. The van der Waals surface area contributed by atoms with Crippen molar-refractivity contribution in [3.8, 4) is 0 Å². The van der Waals surface area contributed by atoms with Crippen molar-refractivity contribution in [3.63, 3.8) is 0 Å². The molecule has 164 valence electrons. The maximum Gasteiger partial charge on any atom is 0.255 e. The van der Waals surface area contributed by atoms with Crippen molar-refractivity contribution >= 4 is 54.9 Å². The van der Waals surface area contributed by atoms with E-state index in [1.807, 2.05) is 24.5 Å². The second-order valence-corrected chi connectivity index (χ2v) is 12.1. The summed E-state index contributed by atoms with van der Waals surface area (Å²) in [6, 6.07) is 11.8. The molecule has 0 spiro atoms. The van der Waals surface area contributed by atoms with E-state index in [4.69, 9.17) is 0 Å². The highest BCUT2D eigenvalue weighted by atomic mass is 32.2. The summed E-state index contributed by atoms with van der Waals surface area (Å²) in [6.07, 6.45) is 3.02. The zero-order chi connectivity index (χ0) is 22.2. The number of nitrogens with one attached hydrogen (secondary N) is 1. The zero-order valence-electron chi connectivity index (χ0n) is 17.7. The summed E-state index contributed by atoms with van der Waals surface area (Å²) in [6.45, 7) is 5.23. The van der Waals surface area contributed by atoms with Crippen molar-refractivity contribution in [3.05, 3.63) is 48.0 Å². The van der Waals surface area contributed by atoms with Gasteiger partial charge in [0.15, 0.2) is 4.34 Å². The molecule has 9 heteroatoms. The molecule has 2 unspecified atom stereocenters. The molecule has 1 amide bonds. The Morgan fingerprint density at radius 1 is 1.13 bits per heavy atom. The van der Waals surface area contributed by atoms with Crippen molar-refractivity contribution in [2.45, 2.75) is 29.5 Å². The molecule has 1 aromatic heterocycles. The third kappa shape index (κ3) is 4.79. The molecule has 1 aliphatic rings. The van der Waals surface area contributed by atoms with Gasteiger partial charge in [0.1, 0.15) is 0 Å². The van der Waals surface area contributed by atoms with E-state index in [0.29, 0.717) is 36.2 Å². The number of aromatic nitrogens is 1. The summed E-state index contributed by atoms with van der Waals surface area (Å²) < 4.78 is 29.6. The van der Waals surface area contributed by atoms with E-state index < -0.39 is 10.0 Å². The van der Waals surface area contributed by atoms with Crippen LogP contribution in [0.25, 0.3) is 10.2 Å². The van der Waals surface area contributed by atoms with Gasteiger partial charge in [-0.3, -0.25) is 4.79 Å². The molecule has 0 bridgehead atoms. The van der Waals surface area contributed by atoms with E-state index >= 15 is 0 Å². The summed E-state index contributed by atoms with van der Waals surface area (Å²) in [4.78, 5) is 17.4. The summed E-state index contributed by atoms with van der Waals surface area (Å²) in [5, 5.41) is 2.88. The largest absolute Gasteiger partial charge is 0.322 e. The molecule has 0 radical (unpaired) electrons. The average Bonchev–Trinajstić information content (AvgIpc) is 3.15. The number of piperidine rings is 1. The molecule has 1 N–H and O–H groups in total. The lowest BCUT2D eigenvalue weighted by Crippen LogP contribution is -2.42. The first kappa shape index (κ1) is 22.3. The van der Waals surface area contributed by atoms with Gasteiger partial charge in [-0.15, -0.1) is 11.3 Å². The minimum atomic E-state index is -3.56. The first-order chi connectivity index (χ1) is 14.8. The molecule has 4 rings (SSSR count). The predicted molar refractivity (Wildman–Crippen MR) is 128 cm³/mol. The summed E-state index contributed by atoms with van der Waals surface area (Å²) >= 11 is 3.17. The predicted octanol–water partition coefficient (Wildman–Crippen LogP) is 4.94. The molecule has 31 heavy (non-hydrogen) atoms. The molecular formula is C22H25N3O3S3. The summed E-state index contributed by atoms with van der Waals surface area (Å²) in [7, 11) is -3.56. The topological polar surface area (TPSA) is 79.4 Å². The van der Waals surface area contributed by atoms with Gasteiger partial charge in [-0.2, -0.15) is 4.31 Å². The van der Waals surface area contributed by atoms with Crippen LogP contribution in [0.5, 0.6) is 0 Å². The molecule has 6 nitrogen and oxygen atoms in total. The van der Waals surface area contributed by atoms with Gasteiger partial charge in [0.05, 0.1) is 15.1 Å². The van der Waals surface area contributed by atoms with Crippen LogP contribution in [0.1, 0.15) is 30.6 Å². The molecular weight excluding hydrogens is 450 g/mol. The maximum absolute atomic E-state index is 13.0. The Balaban J connectivity index is 1.49. The van der Waals surface area contributed by atoms with Gasteiger partial charge in [-0.1, -0.05) is 25.6 Å². The molecule has 1 aliphatic heterocycles. The van der Waals surface area contributed by atoms with Crippen LogP contribution in [0.2, 0.25) is 0 Å². The van der Waals surface area contributed by atoms with E-state index in [1.54, 1.807) is 39.5 Å². The maximum atomic E-state index is 13.0. The van der Waals surface area contributed by atoms with Gasteiger partial charge in [0.2, 0.25) is 10.0 Å². The molecule has 0 saturated carbocycles. The number of benzene rings is 2. The van der Waals surface area contributed by atoms with Crippen LogP contribution in [-0.4, -0.2) is 43.0 Å². The summed E-state index contributed by atoms with van der Waals surface area (Å²) in [5.74, 6) is 0.399. The Labute approximate surface area is 191 Å². The van der Waals surface area contributed by atoms with Gasteiger partial charge in [0, 0.05) is 24.3 Å². The van der Waals surface area contributed by atoms with E-state index in [2.05, 4.69) is 24.1 Å². The number of nitrogens with zero attached hydrogens (tertiary/aromatic N) is 2. The fraction of sp³-hybridized carbons (Fsp3) is 0.364. The number of hydrogen-bond acceptors (Lipinski definition) is 6. The number of fused-ring (bicyclic) bond motifs is 1. The standard InChI is InChI=1S/C22H25N3O3S3/c1-14-10-15(2)13-25(12-14)31(27,28)18-7-4-16(5-8-18)21(26)23-17-6-9-19-20(11-17)30-22(24-19)29-3/h4-9,11,14-15H,10,12-13H2,1-3H3,(H,23,26). The first-order valence-corrected chi connectivity index (χ1v) is 13.6. The Hall–Kier alpha value is -1.94. The highest BCUT2D eigenvalue weighted by Crippen LogP contribution is 2.30. The van der Waals surface area contributed by atoms with Gasteiger partial charge in [-0.05, 0) is 67.0 Å². The number of rotatable bonds is 5. The molecule has 2 atom stereocenters. The van der Waals surface area contributed by atoms with E-state index in [1.165, 1.54) is 12.1 Å². The molecule has 0 aliphatic carbocycles. The van der Waals surface area contributed by atoms with Crippen LogP contribution in [0.15, 0.2) is 51.7 Å². The third-order valence-corrected chi connectivity index (χ3v) is 9.24. The molecule has 1 saturated heterocycles.